The normalized spacial score (nSPS) is 11.9. The van der Waals surface area contributed by atoms with Gasteiger partial charge in [-0.1, -0.05) is 106 Å². The summed E-state index contributed by atoms with van der Waals surface area (Å²) in [6.45, 7) is 6.75. The number of benzene rings is 4. The summed E-state index contributed by atoms with van der Waals surface area (Å²) in [7, 11) is 0. The summed E-state index contributed by atoms with van der Waals surface area (Å²) >= 11 is 0. The molecule has 0 spiro atoms. The lowest BCUT2D eigenvalue weighted by atomic mass is 9.93. The molecule has 1 atom stereocenters. The summed E-state index contributed by atoms with van der Waals surface area (Å²) in [6.07, 6.45) is 5.48. The lowest BCUT2D eigenvalue weighted by Crippen LogP contribution is -1.99. The molecule has 1 unspecified atom stereocenters. The van der Waals surface area contributed by atoms with E-state index in [1.807, 2.05) is 0 Å². The van der Waals surface area contributed by atoms with Crippen molar-refractivity contribution >= 4 is 0 Å². The number of hydrogen-bond acceptors (Lipinski definition) is 1. The first-order chi connectivity index (χ1) is 16.7. The molecule has 0 fully saturated rings. The van der Waals surface area contributed by atoms with Crippen LogP contribution in [0, 0.1) is 0 Å². The Balaban J connectivity index is 1.62. The summed E-state index contributed by atoms with van der Waals surface area (Å²) in [5, 5.41) is 0. The molecular weight excluding hydrogens is 412 g/mol. The molecule has 0 aliphatic carbocycles. The van der Waals surface area contributed by atoms with Gasteiger partial charge in [-0.2, -0.15) is 0 Å². The van der Waals surface area contributed by atoms with Crippen LogP contribution in [-0.4, -0.2) is 0 Å². The van der Waals surface area contributed by atoms with Crippen LogP contribution in [0.2, 0.25) is 0 Å². The molecule has 0 aliphatic heterocycles. The second kappa shape index (κ2) is 11.7. The predicted octanol–water partition coefficient (Wildman–Crippen LogP) is 9.40. The van der Waals surface area contributed by atoms with Crippen LogP contribution in [0.3, 0.4) is 0 Å². The third-order valence-corrected chi connectivity index (χ3v) is 6.40. The van der Waals surface area contributed by atoms with E-state index in [1.165, 1.54) is 33.4 Å². The number of ether oxygens (including phenoxy) is 1. The summed E-state index contributed by atoms with van der Waals surface area (Å²) in [6, 6.07) is 34.9. The maximum Gasteiger partial charge on any atom is 0.135 e. The van der Waals surface area contributed by atoms with Crippen molar-refractivity contribution in [3.63, 3.8) is 0 Å². The van der Waals surface area contributed by atoms with E-state index in [0.29, 0.717) is 5.92 Å². The molecule has 4 aromatic carbocycles. The molecule has 0 N–H and O–H groups in total. The highest BCUT2D eigenvalue weighted by Gasteiger charge is 2.12. The SMILES string of the molecule is CCCc1cccc(-c2cc(CCC)ccc2Oc2cccc(C(C)Cc3ccccc3)c2)c1. The van der Waals surface area contributed by atoms with Crippen molar-refractivity contribution < 1.29 is 4.74 Å². The quantitative estimate of drug-likeness (QED) is 0.235. The summed E-state index contributed by atoms with van der Waals surface area (Å²) in [4.78, 5) is 0. The number of rotatable bonds is 10. The third kappa shape index (κ3) is 6.17. The van der Waals surface area contributed by atoms with Crippen LogP contribution in [0.1, 0.15) is 61.8 Å². The largest absolute Gasteiger partial charge is 0.457 e. The Kier molecular flexibility index (Phi) is 8.20. The average Bonchev–Trinajstić information content (AvgIpc) is 2.86. The Bertz CT molecular complexity index is 1190. The molecule has 0 amide bonds. The fourth-order valence-corrected chi connectivity index (χ4v) is 4.62. The van der Waals surface area contributed by atoms with Crippen LogP contribution in [0.25, 0.3) is 11.1 Å². The molecule has 1 nitrogen and oxygen atoms in total. The molecule has 0 aromatic heterocycles. The van der Waals surface area contributed by atoms with Crippen molar-refractivity contribution in [1.29, 1.82) is 0 Å². The molecule has 0 saturated carbocycles. The minimum absolute atomic E-state index is 0.420. The lowest BCUT2D eigenvalue weighted by Gasteiger charge is -2.16. The second-order valence-electron chi connectivity index (χ2n) is 9.30. The highest BCUT2D eigenvalue weighted by atomic mass is 16.5. The first-order valence-electron chi connectivity index (χ1n) is 12.7. The molecule has 0 aliphatic rings. The van der Waals surface area contributed by atoms with Gasteiger partial charge in [-0.25, -0.2) is 0 Å². The van der Waals surface area contributed by atoms with E-state index in [1.54, 1.807) is 0 Å². The van der Waals surface area contributed by atoms with Crippen molar-refractivity contribution in [2.75, 3.05) is 0 Å². The fourth-order valence-electron chi connectivity index (χ4n) is 4.62. The van der Waals surface area contributed by atoms with Gasteiger partial charge in [0.05, 0.1) is 0 Å². The zero-order valence-corrected chi connectivity index (χ0v) is 20.8. The molecule has 0 saturated heterocycles. The zero-order chi connectivity index (χ0) is 23.8. The van der Waals surface area contributed by atoms with Crippen molar-refractivity contribution in [3.8, 4) is 22.6 Å². The smallest absolute Gasteiger partial charge is 0.135 e. The summed E-state index contributed by atoms with van der Waals surface area (Å²) in [5.74, 6) is 2.23. The van der Waals surface area contributed by atoms with Crippen molar-refractivity contribution in [2.45, 2.75) is 58.8 Å². The van der Waals surface area contributed by atoms with Crippen LogP contribution in [0.4, 0.5) is 0 Å². The van der Waals surface area contributed by atoms with Crippen molar-refractivity contribution in [3.05, 3.63) is 119 Å². The van der Waals surface area contributed by atoms with Gasteiger partial charge in [0.1, 0.15) is 11.5 Å². The van der Waals surface area contributed by atoms with Gasteiger partial charge in [0.25, 0.3) is 0 Å². The fraction of sp³-hybridized carbons (Fsp3) is 0.273. The molecule has 4 rings (SSSR count). The molecule has 174 valence electrons. The first kappa shape index (κ1) is 23.8. The van der Waals surface area contributed by atoms with Crippen LogP contribution < -0.4 is 4.74 Å². The maximum absolute atomic E-state index is 6.54. The van der Waals surface area contributed by atoms with E-state index in [-0.39, 0.29) is 0 Å². The van der Waals surface area contributed by atoms with Gasteiger partial charge < -0.3 is 4.74 Å². The van der Waals surface area contributed by atoms with Gasteiger partial charge in [0.15, 0.2) is 0 Å². The Morgan fingerprint density at radius 1 is 0.647 bits per heavy atom. The Morgan fingerprint density at radius 3 is 2.12 bits per heavy atom. The van der Waals surface area contributed by atoms with Gasteiger partial charge in [-0.15, -0.1) is 0 Å². The predicted molar refractivity (Wildman–Crippen MR) is 145 cm³/mol. The van der Waals surface area contributed by atoms with Crippen LogP contribution in [0.5, 0.6) is 11.5 Å². The molecule has 1 heteroatoms. The molecular formula is C33H36O. The Hall–Kier alpha value is -3.32. The third-order valence-electron chi connectivity index (χ3n) is 6.40. The van der Waals surface area contributed by atoms with E-state index in [9.17, 15) is 0 Å². The van der Waals surface area contributed by atoms with Crippen molar-refractivity contribution in [2.24, 2.45) is 0 Å². The van der Waals surface area contributed by atoms with Gasteiger partial charge >= 0.3 is 0 Å². The highest BCUT2D eigenvalue weighted by molar-refractivity contribution is 5.72. The second-order valence-corrected chi connectivity index (χ2v) is 9.30. The topological polar surface area (TPSA) is 9.23 Å². The van der Waals surface area contributed by atoms with Gasteiger partial charge in [0.2, 0.25) is 0 Å². The standard InChI is InChI=1S/C33H36O/c1-4-11-26-15-9-17-30(22-26)32-23-27(12-5-2)19-20-33(32)34-31-18-10-16-29(24-31)25(3)21-28-13-7-6-8-14-28/h6-10,13-20,22-25H,4-5,11-12,21H2,1-3H3. The van der Waals surface area contributed by atoms with Gasteiger partial charge in [-0.05, 0) is 77.3 Å². The Labute approximate surface area is 205 Å². The van der Waals surface area contributed by atoms with E-state index in [0.717, 1.165) is 43.6 Å². The molecule has 0 bridgehead atoms. The highest BCUT2D eigenvalue weighted by Crippen LogP contribution is 2.36. The van der Waals surface area contributed by atoms with Crippen LogP contribution in [0.15, 0.2) is 97.1 Å². The number of hydrogen-bond donors (Lipinski definition) is 0. The average molecular weight is 449 g/mol. The summed E-state index contributed by atoms with van der Waals surface area (Å²) < 4.78 is 6.54. The first-order valence-corrected chi connectivity index (χ1v) is 12.7. The molecule has 34 heavy (non-hydrogen) atoms. The molecule has 4 aromatic rings. The van der Waals surface area contributed by atoms with Crippen LogP contribution >= 0.6 is 0 Å². The Morgan fingerprint density at radius 2 is 1.35 bits per heavy atom. The molecule has 0 radical (unpaired) electrons. The van der Waals surface area contributed by atoms with E-state index < -0.39 is 0 Å². The zero-order valence-electron chi connectivity index (χ0n) is 20.8. The lowest BCUT2D eigenvalue weighted by molar-refractivity contribution is 0.483. The van der Waals surface area contributed by atoms with E-state index in [4.69, 9.17) is 4.74 Å². The maximum atomic E-state index is 6.54. The molecule has 0 heterocycles. The van der Waals surface area contributed by atoms with Gasteiger partial charge in [0, 0.05) is 5.56 Å². The summed E-state index contributed by atoms with van der Waals surface area (Å²) in [5.41, 5.74) is 7.80. The van der Waals surface area contributed by atoms with E-state index in [2.05, 4.69) is 118 Å². The van der Waals surface area contributed by atoms with Crippen molar-refractivity contribution in [1.82, 2.24) is 0 Å². The van der Waals surface area contributed by atoms with E-state index >= 15 is 0 Å². The minimum Gasteiger partial charge on any atom is -0.457 e. The van der Waals surface area contributed by atoms with Crippen LogP contribution in [-0.2, 0) is 19.3 Å². The minimum atomic E-state index is 0.420. The number of aryl methyl sites for hydroxylation is 2. The van der Waals surface area contributed by atoms with Gasteiger partial charge in [-0.3, -0.25) is 0 Å². The monoisotopic (exact) mass is 448 g/mol.